The molecule has 11 nitrogen and oxygen atoms in total. The van der Waals surface area contributed by atoms with Gasteiger partial charge in [0.15, 0.2) is 0 Å². The van der Waals surface area contributed by atoms with Crippen molar-refractivity contribution in [3.8, 4) is 0 Å². The summed E-state index contributed by atoms with van der Waals surface area (Å²) in [6.45, 7) is 4.07. The fourth-order valence-electron chi connectivity index (χ4n) is 3.05. The van der Waals surface area contributed by atoms with Crippen LogP contribution < -0.4 is 21.7 Å². The second kappa shape index (κ2) is 13.5. The number of carboxylic acids is 1. The highest BCUT2D eigenvalue weighted by Gasteiger charge is 2.32. The molecule has 0 fully saturated rings. The Hall–Kier alpha value is -3.02. The first-order valence-corrected chi connectivity index (χ1v) is 10.7. The second-order valence-electron chi connectivity index (χ2n) is 8.30. The van der Waals surface area contributed by atoms with Gasteiger partial charge in [0, 0.05) is 0 Å². The van der Waals surface area contributed by atoms with Gasteiger partial charge in [-0.1, -0.05) is 44.2 Å². The summed E-state index contributed by atoms with van der Waals surface area (Å²) in [7, 11) is 0. The van der Waals surface area contributed by atoms with Crippen molar-refractivity contribution in [2.45, 2.75) is 63.9 Å². The monoisotopic (exact) mass is 466 g/mol. The fraction of sp³-hybridized carbons (Fsp3) is 0.545. The summed E-state index contributed by atoms with van der Waals surface area (Å²) < 4.78 is 0. The first kappa shape index (κ1) is 28.0. The van der Waals surface area contributed by atoms with Gasteiger partial charge in [0.1, 0.15) is 18.1 Å². The van der Waals surface area contributed by atoms with Gasteiger partial charge in [-0.05, 0) is 31.2 Å². The number of amides is 3. The number of carboxylic acid groups (broad SMARTS) is 1. The topological polar surface area (TPSA) is 191 Å². The van der Waals surface area contributed by atoms with Crippen LogP contribution in [-0.2, 0) is 25.6 Å². The smallest absolute Gasteiger partial charge is 0.328 e. The number of benzene rings is 1. The molecule has 1 aromatic rings. The van der Waals surface area contributed by atoms with Crippen molar-refractivity contribution >= 4 is 23.7 Å². The summed E-state index contributed by atoms with van der Waals surface area (Å²) in [5, 5.41) is 35.3. The molecule has 1 rings (SSSR count). The van der Waals surface area contributed by atoms with Crippen LogP contribution in [0.5, 0.6) is 0 Å². The van der Waals surface area contributed by atoms with Gasteiger partial charge in [-0.25, -0.2) is 4.79 Å². The van der Waals surface area contributed by atoms with E-state index in [0.717, 1.165) is 5.56 Å². The number of rotatable bonds is 13. The number of carbonyl (C=O) groups excluding carboxylic acids is 3. The molecule has 33 heavy (non-hydrogen) atoms. The van der Waals surface area contributed by atoms with Gasteiger partial charge in [0.2, 0.25) is 17.7 Å². The van der Waals surface area contributed by atoms with Crippen molar-refractivity contribution in [2.75, 3.05) is 6.61 Å². The lowest BCUT2D eigenvalue weighted by Gasteiger charge is -2.27. The lowest BCUT2D eigenvalue weighted by Crippen LogP contribution is -2.60. The molecular formula is C22H34N4O7. The highest BCUT2D eigenvalue weighted by atomic mass is 16.4. The Morgan fingerprint density at radius 1 is 0.909 bits per heavy atom. The first-order valence-electron chi connectivity index (χ1n) is 10.7. The Labute approximate surface area is 192 Å². The Morgan fingerprint density at radius 3 is 1.97 bits per heavy atom. The van der Waals surface area contributed by atoms with Crippen molar-refractivity contribution < 1.29 is 34.5 Å². The minimum atomic E-state index is -1.53. The quantitative estimate of drug-likeness (QED) is 0.183. The number of aliphatic carboxylic acids is 1. The third-order valence-corrected chi connectivity index (χ3v) is 4.84. The van der Waals surface area contributed by atoms with E-state index < -0.39 is 60.6 Å². The molecule has 0 spiro atoms. The molecule has 0 aliphatic rings. The molecule has 0 heterocycles. The Morgan fingerprint density at radius 2 is 1.48 bits per heavy atom. The Kier molecular flexibility index (Phi) is 11.5. The molecule has 5 atom stereocenters. The normalized spacial score (nSPS) is 15.6. The summed E-state index contributed by atoms with van der Waals surface area (Å²) >= 11 is 0. The second-order valence-corrected chi connectivity index (χ2v) is 8.30. The van der Waals surface area contributed by atoms with Crippen LogP contribution in [-0.4, -0.2) is 75.9 Å². The van der Waals surface area contributed by atoms with Crippen molar-refractivity contribution in [1.29, 1.82) is 0 Å². The van der Waals surface area contributed by atoms with Crippen molar-refractivity contribution in [2.24, 2.45) is 11.7 Å². The molecule has 184 valence electrons. The lowest BCUT2D eigenvalue weighted by atomic mass is 10.0. The van der Waals surface area contributed by atoms with Crippen LogP contribution in [0.1, 0.15) is 32.8 Å². The molecule has 3 amide bonds. The maximum absolute atomic E-state index is 12.8. The molecular weight excluding hydrogens is 432 g/mol. The molecule has 1 aromatic carbocycles. The highest BCUT2D eigenvalue weighted by molar-refractivity contribution is 5.94. The third-order valence-electron chi connectivity index (χ3n) is 4.84. The van der Waals surface area contributed by atoms with Gasteiger partial charge < -0.3 is 37.0 Å². The van der Waals surface area contributed by atoms with E-state index in [2.05, 4.69) is 16.0 Å². The van der Waals surface area contributed by atoms with E-state index in [1.54, 1.807) is 38.1 Å². The predicted octanol–water partition coefficient (Wildman–Crippen LogP) is -1.49. The van der Waals surface area contributed by atoms with E-state index in [4.69, 9.17) is 15.9 Å². The van der Waals surface area contributed by atoms with Gasteiger partial charge in [-0.3, -0.25) is 14.4 Å². The Bertz CT molecular complexity index is 801. The molecule has 0 aromatic heterocycles. The highest BCUT2D eigenvalue weighted by Crippen LogP contribution is 2.08. The van der Waals surface area contributed by atoms with E-state index in [0.29, 0.717) is 0 Å². The molecule has 11 heteroatoms. The van der Waals surface area contributed by atoms with Gasteiger partial charge >= 0.3 is 5.97 Å². The Balaban J connectivity index is 2.88. The molecule has 0 saturated heterocycles. The van der Waals surface area contributed by atoms with Crippen LogP contribution in [0.15, 0.2) is 30.3 Å². The average molecular weight is 467 g/mol. The first-order chi connectivity index (χ1) is 15.5. The zero-order valence-electron chi connectivity index (χ0n) is 19.0. The molecule has 0 saturated carbocycles. The molecule has 0 aliphatic carbocycles. The summed E-state index contributed by atoms with van der Waals surface area (Å²) in [4.78, 5) is 49.0. The third kappa shape index (κ3) is 9.56. The number of carbonyl (C=O) groups is 4. The SMILES string of the molecule is CC(C)CC(NC(=O)C(NC(=O)C(N)Cc1ccccc1)C(C)O)C(=O)NC(CO)C(=O)O. The van der Waals surface area contributed by atoms with Gasteiger partial charge in [-0.15, -0.1) is 0 Å². The number of aliphatic hydroxyl groups excluding tert-OH is 2. The molecule has 0 radical (unpaired) electrons. The fourth-order valence-corrected chi connectivity index (χ4v) is 3.05. The van der Waals surface area contributed by atoms with Crippen LogP contribution in [0.25, 0.3) is 0 Å². The van der Waals surface area contributed by atoms with E-state index in [-0.39, 0.29) is 18.8 Å². The van der Waals surface area contributed by atoms with Crippen LogP contribution in [0.3, 0.4) is 0 Å². The lowest BCUT2D eigenvalue weighted by molar-refractivity contribution is -0.143. The van der Waals surface area contributed by atoms with Crippen LogP contribution in [0.4, 0.5) is 0 Å². The number of nitrogens with one attached hydrogen (secondary N) is 3. The zero-order chi connectivity index (χ0) is 25.1. The van der Waals surface area contributed by atoms with Crippen LogP contribution in [0, 0.1) is 5.92 Å². The standard InChI is InChI=1S/C22H34N4O7/c1-12(2)9-16(20(30)25-17(11-27)22(32)33)24-21(31)18(13(3)28)26-19(29)15(23)10-14-7-5-4-6-8-14/h4-8,12-13,15-18,27-28H,9-11,23H2,1-3H3,(H,24,31)(H,25,30)(H,26,29)(H,32,33). The minimum absolute atomic E-state index is 0.0580. The zero-order valence-corrected chi connectivity index (χ0v) is 19.0. The summed E-state index contributed by atoms with van der Waals surface area (Å²) in [6.07, 6.45) is -0.926. The van der Waals surface area contributed by atoms with Crippen LogP contribution >= 0.6 is 0 Å². The van der Waals surface area contributed by atoms with E-state index in [1.807, 2.05) is 6.07 Å². The molecule has 8 N–H and O–H groups in total. The summed E-state index contributed by atoms with van der Waals surface area (Å²) in [5.74, 6) is -3.78. The minimum Gasteiger partial charge on any atom is -0.480 e. The summed E-state index contributed by atoms with van der Waals surface area (Å²) in [5.41, 5.74) is 6.77. The van der Waals surface area contributed by atoms with Gasteiger partial charge in [0.05, 0.1) is 18.8 Å². The number of hydrogen-bond acceptors (Lipinski definition) is 7. The van der Waals surface area contributed by atoms with E-state index in [9.17, 15) is 24.3 Å². The van der Waals surface area contributed by atoms with E-state index >= 15 is 0 Å². The van der Waals surface area contributed by atoms with E-state index in [1.165, 1.54) is 6.92 Å². The maximum atomic E-state index is 12.8. The maximum Gasteiger partial charge on any atom is 0.328 e. The number of hydrogen-bond donors (Lipinski definition) is 7. The van der Waals surface area contributed by atoms with Gasteiger partial charge in [-0.2, -0.15) is 0 Å². The molecule has 5 unspecified atom stereocenters. The van der Waals surface area contributed by atoms with Crippen molar-refractivity contribution in [1.82, 2.24) is 16.0 Å². The predicted molar refractivity (Wildman–Crippen MR) is 120 cm³/mol. The number of aliphatic hydroxyl groups is 2. The largest absolute Gasteiger partial charge is 0.480 e. The van der Waals surface area contributed by atoms with Crippen molar-refractivity contribution in [3.63, 3.8) is 0 Å². The summed E-state index contributed by atoms with van der Waals surface area (Å²) in [6, 6.07) is 3.98. The molecule has 0 aliphatic heterocycles. The van der Waals surface area contributed by atoms with Gasteiger partial charge in [0.25, 0.3) is 0 Å². The average Bonchev–Trinajstić information content (AvgIpc) is 2.74. The number of nitrogens with two attached hydrogens (primary N) is 1. The van der Waals surface area contributed by atoms with Crippen LogP contribution in [0.2, 0.25) is 0 Å². The van der Waals surface area contributed by atoms with Crippen molar-refractivity contribution in [3.05, 3.63) is 35.9 Å². The molecule has 0 bridgehead atoms.